The first-order chi connectivity index (χ1) is 17.7. The van der Waals surface area contributed by atoms with Crippen molar-refractivity contribution in [1.29, 1.82) is 0 Å². The number of rotatable bonds is 9. The first-order valence-corrected chi connectivity index (χ1v) is 14.4. The van der Waals surface area contributed by atoms with Crippen LogP contribution in [0.25, 0.3) is 0 Å². The van der Waals surface area contributed by atoms with Gasteiger partial charge in [0, 0.05) is 38.3 Å². The number of ether oxygens (including phenoxy) is 1. The molecule has 0 bridgehead atoms. The van der Waals surface area contributed by atoms with Crippen LogP contribution in [0, 0.1) is 6.92 Å². The van der Waals surface area contributed by atoms with E-state index in [-0.39, 0.29) is 28.3 Å². The molecular weight excluding hydrogens is 553 g/mol. The molecule has 2 aromatic heterocycles. The lowest BCUT2D eigenvalue weighted by atomic mass is 10.0. The second-order valence-corrected chi connectivity index (χ2v) is 10.9. The van der Waals surface area contributed by atoms with Gasteiger partial charge in [-0.05, 0) is 86.3 Å². The van der Waals surface area contributed by atoms with E-state index in [0.29, 0.717) is 35.9 Å². The third-order valence-corrected chi connectivity index (χ3v) is 7.99. The van der Waals surface area contributed by atoms with Crippen LogP contribution in [0.3, 0.4) is 0 Å². The number of likely N-dealkylation sites (tertiary alicyclic amines) is 1. The Balaban J connectivity index is 1.51. The van der Waals surface area contributed by atoms with E-state index in [2.05, 4.69) is 43.8 Å². The molecule has 0 spiro atoms. The van der Waals surface area contributed by atoms with E-state index < -0.39 is 6.09 Å². The lowest BCUT2D eigenvalue weighted by Gasteiger charge is -2.41. The zero-order valence-electron chi connectivity index (χ0n) is 21.3. The molecule has 0 saturated carbocycles. The van der Waals surface area contributed by atoms with Crippen LogP contribution in [0.2, 0.25) is 10.3 Å². The van der Waals surface area contributed by atoms with Gasteiger partial charge in [-0.1, -0.05) is 23.2 Å². The number of nitrogens with one attached hydrogen (secondary N) is 2. The van der Waals surface area contributed by atoms with Gasteiger partial charge in [-0.15, -0.1) is 0 Å². The SMILES string of the molecule is CCOC(=O)NC(=S)N(Cc1ccsc1)C1CCN([C@H](C)CCNC(=O)c2c(C)cc(Cl)nc2Cl)CC1. The fraction of sp³-hybridized carbons (Fsp3) is 0.520. The van der Waals surface area contributed by atoms with Crippen LogP contribution in [0.1, 0.15) is 54.6 Å². The van der Waals surface area contributed by atoms with Crippen LogP contribution >= 0.6 is 46.8 Å². The molecule has 2 aromatic rings. The summed E-state index contributed by atoms with van der Waals surface area (Å²) in [6.07, 6.45) is 2.10. The van der Waals surface area contributed by atoms with E-state index in [9.17, 15) is 9.59 Å². The summed E-state index contributed by atoms with van der Waals surface area (Å²) < 4.78 is 5.02. The Kier molecular flexibility index (Phi) is 11.4. The molecule has 202 valence electrons. The summed E-state index contributed by atoms with van der Waals surface area (Å²) in [7, 11) is 0. The van der Waals surface area contributed by atoms with Crippen molar-refractivity contribution in [3.8, 4) is 0 Å². The zero-order valence-corrected chi connectivity index (χ0v) is 24.4. The number of hydrogen-bond donors (Lipinski definition) is 2. The average Bonchev–Trinajstić information content (AvgIpc) is 3.35. The Bertz CT molecular complexity index is 1060. The van der Waals surface area contributed by atoms with Crippen molar-refractivity contribution in [3.63, 3.8) is 0 Å². The largest absolute Gasteiger partial charge is 0.450 e. The Labute approximate surface area is 237 Å². The minimum Gasteiger partial charge on any atom is -0.450 e. The molecule has 0 aliphatic carbocycles. The van der Waals surface area contributed by atoms with Gasteiger partial charge in [0.25, 0.3) is 5.91 Å². The first-order valence-electron chi connectivity index (χ1n) is 12.3. The number of pyridine rings is 1. The summed E-state index contributed by atoms with van der Waals surface area (Å²) in [4.78, 5) is 33.1. The smallest absolute Gasteiger partial charge is 0.413 e. The Hall–Kier alpha value is -1.98. The maximum atomic E-state index is 12.6. The van der Waals surface area contributed by atoms with Gasteiger partial charge < -0.3 is 19.9 Å². The zero-order chi connectivity index (χ0) is 26.9. The first kappa shape index (κ1) is 29.6. The molecule has 12 heteroatoms. The van der Waals surface area contributed by atoms with E-state index in [1.54, 1.807) is 31.3 Å². The van der Waals surface area contributed by atoms with Gasteiger partial charge in [-0.25, -0.2) is 9.78 Å². The highest BCUT2D eigenvalue weighted by Crippen LogP contribution is 2.23. The molecule has 1 aliphatic rings. The standard InChI is InChI=1S/C25H33Cl2N5O3S2/c1-4-35-25(34)30-24(36)32(14-18-8-12-37-15-18)19-6-10-31(11-7-19)17(3)5-9-28-23(33)21-16(2)13-20(26)29-22(21)27/h8,12-13,15,17,19H,4-7,9-11,14H2,1-3H3,(H,28,33)(H,30,34,36)/t17-/m1/s1. The van der Waals surface area contributed by atoms with E-state index >= 15 is 0 Å². The van der Waals surface area contributed by atoms with Crippen LogP contribution in [0.5, 0.6) is 0 Å². The van der Waals surface area contributed by atoms with E-state index in [1.807, 2.05) is 5.38 Å². The second-order valence-electron chi connectivity index (χ2n) is 9.00. The molecule has 0 unspecified atom stereocenters. The second kappa shape index (κ2) is 14.2. The predicted octanol–water partition coefficient (Wildman–Crippen LogP) is 5.26. The van der Waals surface area contributed by atoms with Crippen LogP contribution in [0.4, 0.5) is 4.79 Å². The summed E-state index contributed by atoms with van der Waals surface area (Å²) in [5, 5.41) is 10.6. The van der Waals surface area contributed by atoms with Crippen LogP contribution in [0.15, 0.2) is 22.9 Å². The molecule has 3 heterocycles. The van der Waals surface area contributed by atoms with Crippen molar-refractivity contribution >= 4 is 63.9 Å². The van der Waals surface area contributed by atoms with Gasteiger partial charge >= 0.3 is 6.09 Å². The summed E-state index contributed by atoms with van der Waals surface area (Å²) in [5.41, 5.74) is 2.22. The maximum Gasteiger partial charge on any atom is 0.413 e. The third kappa shape index (κ3) is 8.51. The fourth-order valence-electron chi connectivity index (χ4n) is 4.44. The molecule has 8 nitrogen and oxygen atoms in total. The normalized spacial score (nSPS) is 15.2. The summed E-state index contributed by atoms with van der Waals surface area (Å²) in [5.74, 6) is -0.246. The third-order valence-electron chi connectivity index (χ3n) is 6.46. The van der Waals surface area contributed by atoms with Crippen molar-refractivity contribution in [3.05, 3.63) is 49.9 Å². The minimum atomic E-state index is -0.526. The Morgan fingerprint density at radius 3 is 2.70 bits per heavy atom. The molecule has 3 rings (SSSR count). The van der Waals surface area contributed by atoms with Crippen molar-refractivity contribution < 1.29 is 14.3 Å². The number of carbonyl (C=O) groups is 2. The number of amides is 2. The number of thiophene rings is 1. The summed E-state index contributed by atoms with van der Waals surface area (Å²) in [6, 6.07) is 4.20. The van der Waals surface area contributed by atoms with Gasteiger partial charge in [0.15, 0.2) is 5.11 Å². The summed E-state index contributed by atoms with van der Waals surface area (Å²) in [6.45, 7) is 8.97. The van der Waals surface area contributed by atoms with E-state index in [4.69, 9.17) is 40.2 Å². The number of aromatic nitrogens is 1. The van der Waals surface area contributed by atoms with Crippen molar-refractivity contribution in [2.45, 2.75) is 58.7 Å². The lowest BCUT2D eigenvalue weighted by Crippen LogP contribution is -2.52. The molecular formula is C25H33Cl2N5O3S2. The lowest BCUT2D eigenvalue weighted by molar-refractivity contribution is 0.0935. The highest BCUT2D eigenvalue weighted by Gasteiger charge is 2.29. The Morgan fingerprint density at radius 2 is 2.08 bits per heavy atom. The number of hydrogen-bond acceptors (Lipinski definition) is 7. The van der Waals surface area contributed by atoms with Crippen molar-refractivity contribution in [2.24, 2.45) is 0 Å². The number of halogens is 2. The van der Waals surface area contributed by atoms with Gasteiger partial charge in [0.1, 0.15) is 10.3 Å². The average molecular weight is 587 g/mol. The Morgan fingerprint density at radius 1 is 1.35 bits per heavy atom. The van der Waals surface area contributed by atoms with E-state index in [0.717, 1.165) is 37.9 Å². The molecule has 0 radical (unpaired) electrons. The van der Waals surface area contributed by atoms with Gasteiger partial charge in [0.05, 0.1) is 12.2 Å². The molecule has 1 saturated heterocycles. The molecule has 0 aromatic carbocycles. The quantitative estimate of drug-likeness (QED) is 0.306. The monoisotopic (exact) mass is 585 g/mol. The predicted molar refractivity (Wildman–Crippen MR) is 153 cm³/mol. The fourth-order valence-corrected chi connectivity index (χ4v) is 6.02. The molecule has 2 amide bonds. The molecule has 2 N–H and O–H groups in total. The molecule has 1 fully saturated rings. The number of nitrogens with zero attached hydrogens (tertiary/aromatic N) is 3. The minimum absolute atomic E-state index is 0.111. The highest BCUT2D eigenvalue weighted by atomic mass is 35.5. The van der Waals surface area contributed by atoms with Crippen LogP contribution in [-0.4, -0.2) is 70.2 Å². The number of carbonyl (C=O) groups excluding carboxylic acids is 2. The topological polar surface area (TPSA) is 86.8 Å². The maximum absolute atomic E-state index is 12.6. The van der Waals surface area contributed by atoms with Crippen LogP contribution < -0.4 is 10.6 Å². The van der Waals surface area contributed by atoms with Gasteiger partial charge in [-0.3, -0.25) is 10.1 Å². The number of aryl methyl sites for hydroxylation is 1. The van der Waals surface area contributed by atoms with Crippen molar-refractivity contribution in [2.75, 3.05) is 26.2 Å². The van der Waals surface area contributed by atoms with E-state index in [1.165, 1.54) is 0 Å². The van der Waals surface area contributed by atoms with Crippen LogP contribution in [-0.2, 0) is 11.3 Å². The molecule has 1 aliphatic heterocycles. The number of alkyl carbamates (subject to hydrolysis) is 1. The van der Waals surface area contributed by atoms with Gasteiger partial charge in [0.2, 0.25) is 0 Å². The highest BCUT2D eigenvalue weighted by molar-refractivity contribution is 7.80. The molecule has 37 heavy (non-hydrogen) atoms. The van der Waals surface area contributed by atoms with Gasteiger partial charge in [-0.2, -0.15) is 11.3 Å². The molecule has 1 atom stereocenters. The number of thiocarbonyl (C=S) groups is 1. The number of piperidine rings is 1. The van der Waals surface area contributed by atoms with Crippen molar-refractivity contribution in [1.82, 2.24) is 25.4 Å². The summed E-state index contributed by atoms with van der Waals surface area (Å²) >= 11 is 19.3.